The van der Waals surface area contributed by atoms with Gasteiger partial charge < -0.3 is 0 Å². The summed E-state index contributed by atoms with van der Waals surface area (Å²) >= 11 is 0. The zero-order chi connectivity index (χ0) is 28.6. The smallest absolute Gasteiger partial charge is 0.265 e. The second kappa shape index (κ2) is 13.8. The van der Waals surface area contributed by atoms with E-state index in [1.54, 1.807) is 66.8 Å². The SMILES string of the molecule is CCC1=C(CC)C2[C-]=C1Cc1[cH-]c(c(CC)c1CC)CC1[C-]=C(Cc3[cH-]c(c(CC)c3CC)C2)C(CC)=C1CC.[Pt+4]. The minimum Gasteiger partial charge on any atom is -0.265 e. The number of allylic oxidation sites excluding steroid dienone is 8. The Balaban J connectivity index is 0.00000387. The van der Waals surface area contributed by atoms with Gasteiger partial charge in [-0.25, -0.2) is 11.1 Å². The normalized spacial score (nSPS) is 20.5. The molecule has 0 N–H and O–H groups in total. The van der Waals surface area contributed by atoms with Crippen molar-refractivity contribution in [2.75, 3.05) is 0 Å². The molecule has 2 unspecified atom stereocenters. The second-order valence-electron chi connectivity index (χ2n) is 12.3. The van der Waals surface area contributed by atoms with Gasteiger partial charge in [0, 0.05) is 0 Å². The third-order valence-electron chi connectivity index (χ3n) is 10.5. The summed E-state index contributed by atoms with van der Waals surface area (Å²) in [6.45, 7) is 18.9. The zero-order valence-electron chi connectivity index (χ0n) is 27.1. The first kappa shape index (κ1) is 32.3. The van der Waals surface area contributed by atoms with Gasteiger partial charge in [0.1, 0.15) is 0 Å². The zero-order valence-corrected chi connectivity index (χ0v) is 29.4. The average molecular weight is 728 g/mol. The molecule has 3 aliphatic rings. The Morgan fingerprint density at radius 3 is 1.12 bits per heavy atom. The molecule has 2 aromatic carbocycles. The van der Waals surface area contributed by atoms with Crippen LogP contribution in [0.3, 0.4) is 0 Å². The third kappa shape index (κ3) is 5.69. The Morgan fingerprint density at radius 2 is 0.829 bits per heavy atom. The maximum Gasteiger partial charge on any atom is 4.00 e. The summed E-state index contributed by atoms with van der Waals surface area (Å²) in [4.78, 5) is 0. The maximum atomic E-state index is 4.13. The molecule has 8 bridgehead atoms. The number of rotatable bonds is 8. The first-order valence-corrected chi connectivity index (χ1v) is 16.7. The summed E-state index contributed by atoms with van der Waals surface area (Å²) in [7, 11) is 0. The molecule has 2 atom stereocenters. The molecule has 3 aliphatic carbocycles. The van der Waals surface area contributed by atoms with E-state index in [0.717, 1.165) is 77.0 Å². The van der Waals surface area contributed by atoms with Crippen molar-refractivity contribution < 1.29 is 21.1 Å². The van der Waals surface area contributed by atoms with Crippen molar-refractivity contribution in [2.45, 2.75) is 132 Å². The van der Waals surface area contributed by atoms with E-state index in [-0.39, 0.29) is 21.1 Å². The molecule has 0 heterocycles. The van der Waals surface area contributed by atoms with Crippen molar-refractivity contribution in [1.29, 1.82) is 0 Å². The van der Waals surface area contributed by atoms with Gasteiger partial charge in [0.05, 0.1) is 0 Å². The van der Waals surface area contributed by atoms with Crippen molar-refractivity contribution >= 4 is 0 Å². The van der Waals surface area contributed by atoms with Crippen LogP contribution >= 0.6 is 0 Å². The van der Waals surface area contributed by atoms with Crippen molar-refractivity contribution in [3.63, 3.8) is 0 Å². The van der Waals surface area contributed by atoms with E-state index in [4.69, 9.17) is 0 Å². The van der Waals surface area contributed by atoms with Crippen LogP contribution in [-0.2, 0) is 72.4 Å². The summed E-state index contributed by atoms with van der Waals surface area (Å²) in [6.07, 6.45) is 21.6. The van der Waals surface area contributed by atoms with Gasteiger partial charge >= 0.3 is 21.1 Å². The molecule has 222 valence electrons. The van der Waals surface area contributed by atoms with Crippen LogP contribution in [0.1, 0.15) is 126 Å². The molecular weight excluding hydrogens is 676 g/mol. The van der Waals surface area contributed by atoms with Crippen molar-refractivity contribution in [1.82, 2.24) is 0 Å². The van der Waals surface area contributed by atoms with E-state index >= 15 is 0 Å². The van der Waals surface area contributed by atoms with Crippen molar-refractivity contribution in [3.8, 4) is 0 Å². The summed E-state index contributed by atoms with van der Waals surface area (Å²) in [6, 6.07) is 5.21. The molecular formula is C40H52Pt. The van der Waals surface area contributed by atoms with Gasteiger partial charge in [-0.2, -0.15) is 78.9 Å². The van der Waals surface area contributed by atoms with Crippen LogP contribution in [0.2, 0.25) is 0 Å². The van der Waals surface area contributed by atoms with E-state index in [1.165, 1.54) is 11.1 Å². The summed E-state index contributed by atoms with van der Waals surface area (Å²) < 4.78 is 0. The maximum absolute atomic E-state index is 4.13. The molecule has 0 radical (unpaired) electrons. The van der Waals surface area contributed by atoms with Crippen LogP contribution in [0.4, 0.5) is 0 Å². The largest absolute Gasteiger partial charge is 4.00 e. The molecule has 5 rings (SSSR count). The minimum atomic E-state index is 0. The third-order valence-corrected chi connectivity index (χ3v) is 10.5. The van der Waals surface area contributed by atoms with Gasteiger partial charge in [0.25, 0.3) is 0 Å². The van der Waals surface area contributed by atoms with E-state index in [1.807, 2.05) is 0 Å². The summed E-state index contributed by atoms with van der Waals surface area (Å²) in [5.41, 5.74) is 22.4. The quantitative estimate of drug-likeness (QED) is 0.238. The molecule has 41 heavy (non-hydrogen) atoms. The van der Waals surface area contributed by atoms with E-state index in [0.29, 0.717) is 11.8 Å². The number of fused-ring (bicyclic) bond motifs is 6. The fraction of sp³-hybridized carbons (Fsp3) is 0.550. The molecule has 0 nitrogen and oxygen atoms in total. The van der Waals surface area contributed by atoms with Crippen molar-refractivity contribution in [3.05, 3.63) is 102 Å². The Labute approximate surface area is 266 Å². The van der Waals surface area contributed by atoms with Crippen LogP contribution in [0.15, 0.2) is 45.6 Å². The second-order valence-corrected chi connectivity index (χ2v) is 12.3. The van der Waals surface area contributed by atoms with Crippen LogP contribution < -0.4 is 0 Å². The van der Waals surface area contributed by atoms with Crippen molar-refractivity contribution in [2.24, 2.45) is 11.8 Å². The molecule has 0 saturated heterocycles. The predicted molar refractivity (Wildman–Crippen MR) is 172 cm³/mol. The molecule has 0 amide bonds. The fourth-order valence-electron chi connectivity index (χ4n) is 8.85. The molecule has 0 aromatic heterocycles. The van der Waals surface area contributed by atoms with E-state index in [2.05, 4.69) is 79.7 Å². The van der Waals surface area contributed by atoms with Crippen LogP contribution in [0, 0.1) is 24.0 Å². The van der Waals surface area contributed by atoms with Crippen LogP contribution in [-0.4, -0.2) is 0 Å². The number of hydrogen-bond donors (Lipinski definition) is 0. The van der Waals surface area contributed by atoms with E-state index < -0.39 is 0 Å². The molecule has 0 saturated carbocycles. The van der Waals surface area contributed by atoms with Gasteiger partial charge in [-0.1, -0.05) is 144 Å². The Hall–Kier alpha value is -1.65. The molecule has 0 spiro atoms. The van der Waals surface area contributed by atoms with E-state index in [9.17, 15) is 0 Å². The van der Waals surface area contributed by atoms with Gasteiger partial charge in [-0.15, -0.1) is 0 Å². The molecule has 0 aliphatic heterocycles. The van der Waals surface area contributed by atoms with Gasteiger partial charge in [0.15, 0.2) is 0 Å². The Kier molecular flexibility index (Phi) is 10.8. The minimum absolute atomic E-state index is 0. The Morgan fingerprint density at radius 1 is 0.488 bits per heavy atom. The monoisotopic (exact) mass is 727 g/mol. The van der Waals surface area contributed by atoms with Gasteiger partial charge in [0.2, 0.25) is 0 Å². The topological polar surface area (TPSA) is 0 Å². The molecule has 0 fully saturated rings. The summed E-state index contributed by atoms with van der Waals surface area (Å²) in [5, 5.41) is 0. The first-order valence-electron chi connectivity index (χ1n) is 16.7. The first-order chi connectivity index (χ1) is 19.5. The van der Waals surface area contributed by atoms with Gasteiger partial charge in [-0.05, 0) is 0 Å². The van der Waals surface area contributed by atoms with Gasteiger partial charge in [-0.3, -0.25) is 12.2 Å². The standard InChI is InChI=1S/C40H52.Pt/c1-9-33-25-17-26(34(33)10-2)22-28-19-30(38(14-6)36(28)12-4)24-32-20-31(39(15-7)40(32)16-8)23-29-18-27(21-25)35(11-3)37(29)13-5;/h17,20,27,30H,9-16,21-24H2,1-8H3;/q-4;+4. The molecule has 1 heteroatoms. The Bertz CT molecular complexity index is 1270. The van der Waals surface area contributed by atoms with Crippen LogP contribution in [0.5, 0.6) is 0 Å². The number of hydrogen-bond acceptors (Lipinski definition) is 0. The predicted octanol–water partition coefficient (Wildman–Crippen LogP) is 10.2. The fourth-order valence-corrected chi connectivity index (χ4v) is 8.85. The van der Waals surface area contributed by atoms with Crippen LogP contribution in [0.25, 0.3) is 0 Å². The summed E-state index contributed by atoms with van der Waals surface area (Å²) in [5.74, 6) is 0.857. The molecule has 2 aromatic rings. The average Bonchev–Trinajstić information content (AvgIpc) is 3.67.